The Balaban J connectivity index is 2.74. The maximum absolute atomic E-state index is 11.7. The summed E-state index contributed by atoms with van der Waals surface area (Å²) in [6.45, 7) is 0. The molecule has 15 heavy (non-hydrogen) atoms. The molecule has 1 aromatic carbocycles. The number of rotatable bonds is 0. The molecule has 0 heterocycles. The molecule has 1 aliphatic carbocycles. The van der Waals surface area contributed by atoms with E-state index in [9.17, 15) is 4.79 Å². The van der Waals surface area contributed by atoms with Gasteiger partial charge in [0.2, 0.25) is 5.78 Å². The molecule has 4 heteroatoms. The van der Waals surface area contributed by atoms with Gasteiger partial charge in [-0.2, -0.15) is 5.26 Å². The lowest BCUT2D eigenvalue weighted by molar-refractivity contribution is 0.106. The molecule has 0 saturated carbocycles. The minimum atomic E-state index is -0.352. The summed E-state index contributed by atoms with van der Waals surface area (Å²) >= 11 is 0. The lowest BCUT2D eigenvalue weighted by Gasteiger charge is -1.94. The molecule has 1 aliphatic rings. The van der Waals surface area contributed by atoms with Crippen molar-refractivity contribution in [1.29, 1.82) is 5.26 Å². The number of hydrogen-bond acceptors (Lipinski definition) is 4. The van der Waals surface area contributed by atoms with E-state index in [2.05, 4.69) is 5.16 Å². The quantitative estimate of drug-likeness (QED) is 0.391. The first-order valence-electron chi connectivity index (χ1n) is 4.26. The van der Waals surface area contributed by atoms with Gasteiger partial charge in [-0.25, -0.2) is 0 Å². The summed E-state index contributed by atoms with van der Waals surface area (Å²) in [5, 5.41) is 20.2. The Morgan fingerprint density at radius 1 is 1.33 bits per heavy atom. The maximum atomic E-state index is 11.7. The van der Waals surface area contributed by atoms with Gasteiger partial charge in [0.05, 0.1) is 6.07 Å². The molecule has 2 rings (SSSR count). The molecule has 1 aromatic rings. The van der Waals surface area contributed by atoms with Crippen LogP contribution in [0.25, 0.3) is 5.57 Å². The van der Waals surface area contributed by atoms with Crippen LogP contribution in [0.2, 0.25) is 0 Å². The van der Waals surface area contributed by atoms with Crippen molar-refractivity contribution in [1.82, 2.24) is 0 Å². The van der Waals surface area contributed by atoms with Crippen molar-refractivity contribution in [3.05, 3.63) is 41.5 Å². The van der Waals surface area contributed by atoms with Crippen LogP contribution in [0, 0.1) is 11.3 Å². The first-order valence-corrected chi connectivity index (χ1v) is 4.26. The molecular formula is C11H6N2O2. The summed E-state index contributed by atoms with van der Waals surface area (Å²) in [6.07, 6.45) is 1.21. The monoisotopic (exact) mass is 198 g/mol. The number of oxime groups is 1. The Morgan fingerprint density at radius 2 is 2.00 bits per heavy atom. The van der Waals surface area contributed by atoms with Crippen molar-refractivity contribution in [2.24, 2.45) is 5.16 Å². The molecule has 0 saturated heterocycles. The zero-order chi connectivity index (χ0) is 10.8. The Kier molecular flexibility index (Phi) is 2.07. The minimum Gasteiger partial charge on any atom is -0.410 e. The van der Waals surface area contributed by atoms with Crippen molar-refractivity contribution in [2.75, 3.05) is 0 Å². The highest BCUT2D eigenvalue weighted by molar-refractivity contribution is 6.65. The topological polar surface area (TPSA) is 73.4 Å². The van der Waals surface area contributed by atoms with Crippen LogP contribution in [-0.2, 0) is 0 Å². The van der Waals surface area contributed by atoms with Gasteiger partial charge in [-0.15, -0.1) is 0 Å². The number of carbonyl (C=O) groups excluding carboxylic acids is 1. The molecule has 0 fully saturated rings. The Labute approximate surface area is 85.8 Å². The van der Waals surface area contributed by atoms with Gasteiger partial charge < -0.3 is 5.21 Å². The summed E-state index contributed by atoms with van der Waals surface area (Å²) in [7, 11) is 0. The molecular weight excluding hydrogens is 192 g/mol. The first-order chi connectivity index (χ1) is 7.29. The highest BCUT2D eigenvalue weighted by atomic mass is 16.4. The average molecular weight is 198 g/mol. The van der Waals surface area contributed by atoms with E-state index in [1.807, 2.05) is 6.07 Å². The van der Waals surface area contributed by atoms with Gasteiger partial charge in [-0.3, -0.25) is 4.79 Å². The van der Waals surface area contributed by atoms with Crippen molar-refractivity contribution in [3.8, 4) is 6.07 Å². The molecule has 0 radical (unpaired) electrons. The number of fused-ring (bicyclic) bond motifs is 1. The third kappa shape index (κ3) is 1.22. The Hall–Kier alpha value is -2.41. The Morgan fingerprint density at radius 3 is 2.60 bits per heavy atom. The lowest BCUT2D eigenvalue weighted by atomic mass is 10.1. The SMILES string of the molecule is N#CC=C1C(=NO)C(=O)c2ccccc21. The number of carbonyl (C=O) groups is 1. The first kappa shape index (κ1) is 9.16. The van der Waals surface area contributed by atoms with Crippen LogP contribution in [0.15, 0.2) is 35.5 Å². The number of Topliss-reactive ketones (excluding diaryl/α,β-unsaturated/α-hetero) is 1. The molecule has 1 N–H and O–H groups in total. The van der Waals surface area contributed by atoms with Gasteiger partial charge in [-0.1, -0.05) is 29.4 Å². The highest BCUT2D eigenvalue weighted by Gasteiger charge is 2.31. The second-order valence-electron chi connectivity index (χ2n) is 3.01. The molecule has 0 atom stereocenters. The average Bonchev–Trinajstić information content (AvgIpc) is 2.54. The normalized spacial score (nSPS) is 19.3. The van der Waals surface area contributed by atoms with E-state index in [0.29, 0.717) is 16.7 Å². The zero-order valence-electron chi connectivity index (χ0n) is 7.64. The van der Waals surface area contributed by atoms with Crippen LogP contribution in [0.1, 0.15) is 15.9 Å². The number of ketones is 1. The van der Waals surface area contributed by atoms with E-state index in [0.717, 1.165) is 0 Å². The Bertz CT molecular complexity index is 536. The van der Waals surface area contributed by atoms with E-state index in [1.54, 1.807) is 24.3 Å². The van der Waals surface area contributed by atoms with Crippen LogP contribution in [0.5, 0.6) is 0 Å². The molecule has 0 spiro atoms. The van der Waals surface area contributed by atoms with Crippen LogP contribution in [-0.4, -0.2) is 16.7 Å². The van der Waals surface area contributed by atoms with E-state index < -0.39 is 0 Å². The molecule has 0 amide bonds. The van der Waals surface area contributed by atoms with Gasteiger partial charge in [0.1, 0.15) is 0 Å². The number of benzene rings is 1. The molecule has 0 bridgehead atoms. The standard InChI is InChI=1S/C11H6N2O2/c12-6-5-8-7-3-1-2-4-9(7)11(14)10(8)13-15/h1-5,15H. The summed E-state index contributed by atoms with van der Waals surface area (Å²) in [6, 6.07) is 8.67. The van der Waals surface area contributed by atoms with Crippen molar-refractivity contribution < 1.29 is 10.0 Å². The van der Waals surface area contributed by atoms with Gasteiger partial charge in [0.25, 0.3) is 0 Å². The predicted molar refractivity (Wildman–Crippen MR) is 53.6 cm³/mol. The lowest BCUT2D eigenvalue weighted by Crippen LogP contribution is -2.06. The van der Waals surface area contributed by atoms with Crippen LogP contribution in [0.4, 0.5) is 0 Å². The fourth-order valence-electron chi connectivity index (χ4n) is 1.60. The maximum Gasteiger partial charge on any atom is 0.216 e. The fourth-order valence-corrected chi connectivity index (χ4v) is 1.60. The van der Waals surface area contributed by atoms with Gasteiger partial charge >= 0.3 is 0 Å². The van der Waals surface area contributed by atoms with Crippen LogP contribution in [0.3, 0.4) is 0 Å². The summed E-state index contributed by atoms with van der Waals surface area (Å²) < 4.78 is 0. The largest absolute Gasteiger partial charge is 0.410 e. The van der Waals surface area contributed by atoms with E-state index in [1.165, 1.54) is 6.08 Å². The van der Waals surface area contributed by atoms with Crippen LogP contribution < -0.4 is 0 Å². The third-order valence-corrected chi connectivity index (χ3v) is 2.24. The van der Waals surface area contributed by atoms with E-state index in [4.69, 9.17) is 10.5 Å². The van der Waals surface area contributed by atoms with Gasteiger partial charge in [-0.05, 0) is 5.56 Å². The zero-order valence-corrected chi connectivity index (χ0v) is 7.64. The third-order valence-electron chi connectivity index (χ3n) is 2.24. The smallest absolute Gasteiger partial charge is 0.216 e. The minimum absolute atomic E-state index is 0.0715. The van der Waals surface area contributed by atoms with Crippen molar-refractivity contribution in [3.63, 3.8) is 0 Å². The molecule has 4 nitrogen and oxygen atoms in total. The van der Waals surface area contributed by atoms with Crippen molar-refractivity contribution in [2.45, 2.75) is 0 Å². The number of nitriles is 1. The van der Waals surface area contributed by atoms with E-state index in [-0.39, 0.29) is 11.5 Å². The second-order valence-corrected chi connectivity index (χ2v) is 3.01. The van der Waals surface area contributed by atoms with Gasteiger partial charge in [0, 0.05) is 17.2 Å². The number of hydrogen-bond donors (Lipinski definition) is 1. The molecule has 0 aromatic heterocycles. The predicted octanol–water partition coefficient (Wildman–Crippen LogP) is 1.62. The number of nitrogens with zero attached hydrogens (tertiary/aromatic N) is 2. The highest BCUT2D eigenvalue weighted by Crippen LogP contribution is 2.29. The second kappa shape index (κ2) is 3.39. The molecule has 72 valence electrons. The van der Waals surface area contributed by atoms with Gasteiger partial charge in [0.15, 0.2) is 5.71 Å². The number of allylic oxidation sites excluding steroid dienone is 2. The summed E-state index contributed by atoms with van der Waals surface area (Å²) in [5.74, 6) is -0.352. The van der Waals surface area contributed by atoms with E-state index >= 15 is 0 Å². The molecule has 0 aliphatic heterocycles. The summed E-state index contributed by atoms with van der Waals surface area (Å²) in [4.78, 5) is 11.7. The molecule has 0 unspecified atom stereocenters. The van der Waals surface area contributed by atoms with Crippen LogP contribution >= 0.6 is 0 Å². The summed E-state index contributed by atoms with van der Waals surface area (Å²) in [5.41, 5.74) is 1.40. The fraction of sp³-hybridized carbons (Fsp3) is 0. The van der Waals surface area contributed by atoms with Crippen molar-refractivity contribution >= 4 is 17.1 Å².